The van der Waals surface area contributed by atoms with E-state index >= 15 is 0 Å². The largest absolute Gasteiger partial charge is 0.460 e. The van der Waals surface area contributed by atoms with E-state index < -0.39 is 48.8 Å². The van der Waals surface area contributed by atoms with E-state index in [0.29, 0.717) is 5.56 Å². The van der Waals surface area contributed by atoms with Crippen LogP contribution in [0.25, 0.3) is 0 Å². The van der Waals surface area contributed by atoms with Crippen LogP contribution in [0.15, 0.2) is 24.3 Å². The highest BCUT2D eigenvalue weighted by Gasteiger charge is 2.90. The summed E-state index contributed by atoms with van der Waals surface area (Å²) in [7, 11) is 0. The molecule has 0 saturated carbocycles. The Balaban J connectivity index is 2.98. The van der Waals surface area contributed by atoms with Crippen LogP contribution in [0.5, 0.6) is 0 Å². The fourth-order valence-corrected chi connectivity index (χ4v) is 2.14. The van der Waals surface area contributed by atoms with Crippen LogP contribution < -0.4 is 5.32 Å². The summed E-state index contributed by atoms with van der Waals surface area (Å²) >= 11 is 0. The van der Waals surface area contributed by atoms with Gasteiger partial charge in [0.15, 0.2) is 0 Å². The highest BCUT2D eigenvalue weighted by Crippen LogP contribution is 2.60. The van der Waals surface area contributed by atoms with Gasteiger partial charge in [-0.05, 0) is 12.5 Å². The van der Waals surface area contributed by atoms with Crippen molar-refractivity contribution in [2.45, 2.75) is 55.7 Å². The van der Waals surface area contributed by atoms with E-state index in [-0.39, 0.29) is 6.54 Å². The number of nitrogens with one attached hydrogen (secondary N) is 1. The second-order valence-electron chi connectivity index (χ2n) is 6.41. The van der Waals surface area contributed by atoms with Crippen LogP contribution in [0.1, 0.15) is 17.5 Å². The summed E-state index contributed by atoms with van der Waals surface area (Å²) in [4.78, 5) is 0. The fourth-order valence-electron chi connectivity index (χ4n) is 2.14. The molecule has 0 aliphatic rings. The number of halogens is 13. The monoisotopic (exact) mass is 467 g/mol. The Morgan fingerprint density at radius 3 is 1.50 bits per heavy atom. The van der Waals surface area contributed by atoms with Crippen LogP contribution in [0.4, 0.5) is 57.1 Å². The summed E-state index contributed by atoms with van der Waals surface area (Å²) in [5.74, 6) is -36.6. The predicted octanol–water partition coefficient (Wildman–Crippen LogP) is 6.21. The van der Waals surface area contributed by atoms with Gasteiger partial charge in [-0.1, -0.05) is 29.8 Å². The second kappa shape index (κ2) is 8.08. The maximum absolute atomic E-state index is 13.6. The molecule has 0 aliphatic heterocycles. The van der Waals surface area contributed by atoms with Crippen molar-refractivity contribution in [1.29, 1.82) is 0 Å². The molecule has 0 saturated heterocycles. The first-order chi connectivity index (χ1) is 13.2. The zero-order valence-corrected chi connectivity index (χ0v) is 14.8. The van der Waals surface area contributed by atoms with Crippen molar-refractivity contribution < 1.29 is 57.1 Å². The van der Waals surface area contributed by atoms with Crippen molar-refractivity contribution in [1.82, 2.24) is 5.32 Å². The van der Waals surface area contributed by atoms with Crippen LogP contribution >= 0.6 is 0 Å². The van der Waals surface area contributed by atoms with Gasteiger partial charge in [0, 0.05) is 19.5 Å². The van der Waals surface area contributed by atoms with Crippen molar-refractivity contribution >= 4 is 0 Å². The lowest BCUT2D eigenvalue weighted by molar-refractivity contribution is -0.440. The lowest BCUT2D eigenvalue weighted by atomic mass is 9.92. The number of alkyl halides is 13. The van der Waals surface area contributed by atoms with Gasteiger partial charge in [0.25, 0.3) is 0 Å². The molecule has 0 amide bonds. The van der Waals surface area contributed by atoms with Crippen molar-refractivity contribution in [3.63, 3.8) is 0 Å². The maximum atomic E-state index is 13.6. The van der Waals surface area contributed by atoms with Gasteiger partial charge < -0.3 is 5.32 Å². The van der Waals surface area contributed by atoms with Crippen LogP contribution in [0.2, 0.25) is 0 Å². The second-order valence-corrected chi connectivity index (χ2v) is 6.41. The lowest BCUT2D eigenvalue weighted by Crippen LogP contribution is -2.70. The fraction of sp³-hybridized carbons (Fsp3) is 0.625. The smallest absolute Gasteiger partial charge is 0.312 e. The molecule has 1 N–H and O–H groups in total. The highest BCUT2D eigenvalue weighted by atomic mass is 19.4. The molecule has 0 aromatic heterocycles. The van der Waals surface area contributed by atoms with Gasteiger partial charge in [0.1, 0.15) is 0 Å². The topological polar surface area (TPSA) is 12.0 Å². The summed E-state index contributed by atoms with van der Waals surface area (Å²) in [5, 5.41) is 2.12. The number of hydrogen-bond donors (Lipinski definition) is 1. The summed E-state index contributed by atoms with van der Waals surface area (Å²) in [6, 6.07) is 6.15. The van der Waals surface area contributed by atoms with Crippen molar-refractivity contribution in [2.24, 2.45) is 0 Å². The molecule has 0 atom stereocenters. The third-order valence-corrected chi connectivity index (χ3v) is 4.06. The summed E-state index contributed by atoms with van der Waals surface area (Å²) in [5.41, 5.74) is 1.25. The minimum atomic E-state index is -7.86. The van der Waals surface area contributed by atoms with Gasteiger partial charge in [-0.3, -0.25) is 0 Å². The molecule has 1 aromatic carbocycles. The van der Waals surface area contributed by atoms with E-state index in [0.717, 1.165) is 5.56 Å². The van der Waals surface area contributed by atoms with Gasteiger partial charge >= 0.3 is 35.8 Å². The molecule has 0 unspecified atom stereocenters. The van der Waals surface area contributed by atoms with Crippen LogP contribution in [0.3, 0.4) is 0 Å². The molecule has 174 valence electrons. The van der Waals surface area contributed by atoms with Crippen molar-refractivity contribution in [3.8, 4) is 0 Å². The van der Waals surface area contributed by atoms with Crippen LogP contribution in [-0.2, 0) is 6.54 Å². The average molecular weight is 467 g/mol. The molecule has 0 aliphatic carbocycles. The lowest BCUT2D eigenvalue weighted by Gasteiger charge is -2.39. The minimum Gasteiger partial charge on any atom is -0.312 e. The first-order valence-electron chi connectivity index (χ1n) is 7.94. The Morgan fingerprint density at radius 2 is 1.07 bits per heavy atom. The number of aryl methyl sites for hydroxylation is 1. The molecule has 1 nitrogen and oxygen atoms in total. The molecule has 0 radical (unpaired) electrons. The third-order valence-electron chi connectivity index (χ3n) is 4.06. The van der Waals surface area contributed by atoms with Crippen LogP contribution in [-0.4, -0.2) is 42.3 Å². The van der Waals surface area contributed by atoms with Crippen molar-refractivity contribution in [2.75, 3.05) is 6.54 Å². The zero-order valence-electron chi connectivity index (χ0n) is 14.8. The van der Waals surface area contributed by atoms with Gasteiger partial charge in [0.05, 0.1) is 0 Å². The number of benzene rings is 1. The standard InChI is InChI=1S/C16H14F13N/c1-9-2-4-10(5-3-9)8-30-7-6-11(17,18)12(19,20)13(21,22)14(23,24)15(25,26)16(27,28)29/h2-5,30H,6-8H2,1H3. The SMILES string of the molecule is Cc1ccc(CNCCC(F)(F)C(F)(F)C(F)(F)C(F)(F)C(F)(F)C(F)(F)F)cc1. The number of hydrogen-bond acceptors (Lipinski definition) is 1. The molecule has 0 bridgehead atoms. The molecule has 14 heteroatoms. The Bertz CT molecular complexity index is 707. The quantitative estimate of drug-likeness (QED) is 0.336. The molecule has 1 aromatic rings. The normalized spacial score (nSPS) is 14.9. The van der Waals surface area contributed by atoms with Gasteiger partial charge in [-0.25, -0.2) is 0 Å². The molecule has 30 heavy (non-hydrogen) atoms. The summed E-state index contributed by atoms with van der Waals surface area (Å²) in [6.45, 7) is 0.298. The maximum Gasteiger partial charge on any atom is 0.460 e. The van der Waals surface area contributed by atoms with Crippen LogP contribution in [0, 0.1) is 6.92 Å². The predicted molar refractivity (Wildman–Crippen MR) is 78.3 cm³/mol. The van der Waals surface area contributed by atoms with E-state index in [1.165, 1.54) is 12.1 Å². The first kappa shape index (κ1) is 26.3. The van der Waals surface area contributed by atoms with Gasteiger partial charge in [0.2, 0.25) is 0 Å². The molecule has 0 fully saturated rings. The van der Waals surface area contributed by atoms with E-state index in [9.17, 15) is 57.1 Å². The Kier molecular flexibility index (Phi) is 7.08. The molecule has 0 heterocycles. The van der Waals surface area contributed by atoms with E-state index in [2.05, 4.69) is 5.32 Å². The first-order valence-corrected chi connectivity index (χ1v) is 7.94. The molecule has 0 spiro atoms. The Labute approximate surface area is 161 Å². The van der Waals surface area contributed by atoms with E-state index in [1.54, 1.807) is 19.1 Å². The molecular formula is C16H14F13N. The Hall–Kier alpha value is -1.73. The Morgan fingerprint density at radius 1 is 0.633 bits per heavy atom. The molecule has 1 rings (SSSR count). The zero-order chi connectivity index (χ0) is 23.8. The van der Waals surface area contributed by atoms with E-state index in [1.807, 2.05) is 0 Å². The number of rotatable bonds is 9. The summed E-state index contributed by atoms with van der Waals surface area (Å²) < 4.78 is 168. The average Bonchev–Trinajstić information content (AvgIpc) is 2.58. The van der Waals surface area contributed by atoms with Gasteiger partial charge in [-0.15, -0.1) is 0 Å². The van der Waals surface area contributed by atoms with Crippen molar-refractivity contribution in [3.05, 3.63) is 35.4 Å². The minimum absolute atomic E-state index is 0.235. The molecular weight excluding hydrogens is 453 g/mol. The van der Waals surface area contributed by atoms with E-state index in [4.69, 9.17) is 0 Å². The van der Waals surface area contributed by atoms with Gasteiger partial charge in [-0.2, -0.15) is 57.1 Å². The third kappa shape index (κ3) is 4.47. The highest BCUT2D eigenvalue weighted by molar-refractivity contribution is 5.21. The summed E-state index contributed by atoms with van der Waals surface area (Å²) in [6.07, 6.45) is -9.66.